The minimum Gasteiger partial charge on any atom is -0.495 e. The van der Waals surface area contributed by atoms with Gasteiger partial charge in [0, 0.05) is 47.7 Å². The van der Waals surface area contributed by atoms with Gasteiger partial charge in [0.25, 0.3) is 17.7 Å². The monoisotopic (exact) mass is 919 g/mol. The van der Waals surface area contributed by atoms with Crippen LogP contribution in [0, 0.1) is 0 Å². The molecule has 0 saturated carbocycles. The lowest BCUT2D eigenvalue weighted by atomic mass is 10.1. The average molecular weight is 921 g/mol. The topological polar surface area (TPSA) is 150 Å². The molecule has 0 aliphatic rings. The van der Waals surface area contributed by atoms with Crippen molar-refractivity contribution in [2.45, 2.75) is 33.0 Å². The van der Waals surface area contributed by atoms with Gasteiger partial charge in [-0.1, -0.05) is 78.7 Å². The van der Waals surface area contributed by atoms with Crippen molar-refractivity contribution in [1.82, 2.24) is 15.1 Å². The molecule has 0 atom stereocenters. The fourth-order valence-corrected chi connectivity index (χ4v) is 6.69. The summed E-state index contributed by atoms with van der Waals surface area (Å²) >= 11 is 11.8. The number of carbonyl (C=O) groups is 4. The molecule has 0 unspecified atom stereocenters. The number of hydrogen-bond donors (Lipinski definition) is 4. The molecule has 0 aliphatic heterocycles. The Bertz CT molecular complexity index is 2530. The van der Waals surface area contributed by atoms with Gasteiger partial charge in [-0.3, -0.25) is 14.4 Å². The number of halogens is 2. The van der Waals surface area contributed by atoms with Gasteiger partial charge in [0.15, 0.2) is 0 Å². The first-order valence-corrected chi connectivity index (χ1v) is 21.3. The highest BCUT2D eigenvalue weighted by molar-refractivity contribution is 6.32. The highest BCUT2D eigenvalue weighted by Crippen LogP contribution is 2.26. The number of hydrogen-bond acceptors (Lipinski definition) is 8. The maximum atomic E-state index is 12.7. The molecule has 6 aromatic carbocycles. The van der Waals surface area contributed by atoms with E-state index in [1.165, 1.54) is 49.1 Å². The van der Waals surface area contributed by atoms with E-state index < -0.39 is 5.97 Å². The molecule has 4 N–H and O–H groups in total. The Morgan fingerprint density at radius 3 is 1.35 bits per heavy atom. The van der Waals surface area contributed by atoms with Crippen LogP contribution in [0.3, 0.4) is 0 Å². The number of carbonyl (C=O) groups excluding carboxylic acids is 3. The maximum Gasteiger partial charge on any atom is 0.335 e. The minimum atomic E-state index is -1.00. The Morgan fingerprint density at radius 2 is 0.938 bits per heavy atom. The molecule has 14 heteroatoms. The second-order valence-corrected chi connectivity index (χ2v) is 16.0. The molecule has 0 radical (unpaired) electrons. The molecule has 6 rings (SSSR count). The summed E-state index contributed by atoms with van der Waals surface area (Å²) in [5, 5.41) is 17.9. The van der Waals surface area contributed by atoms with E-state index >= 15 is 0 Å². The van der Waals surface area contributed by atoms with Crippen molar-refractivity contribution in [2.24, 2.45) is 0 Å². The van der Waals surface area contributed by atoms with Crippen LogP contribution >= 0.6 is 23.2 Å². The van der Waals surface area contributed by atoms with Gasteiger partial charge in [-0.15, -0.1) is 0 Å². The van der Waals surface area contributed by atoms with E-state index in [1.54, 1.807) is 36.4 Å². The molecular formula is C51H55Cl2N5O7. The van der Waals surface area contributed by atoms with Crippen molar-refractivity contribution in [1.29, 1.82) is 0 Å². The van der Waals surface area contributed by atoms with Gasteiger partial charge in [-0.25, -0.2) is 4.79 Å². The number of carboxylic acid groups (broad SMARTS) is 1. The standard InChI is InChI=1S/C25H26ClN3O3.C18H22N2O.C8H7ClO3/c1-29(2)16-17-7-10-21(11-8-17)28-25(31)19-6-4-5-18(13-19)15-27-24(30)20-9-12-23(32-3)22(26)14-20;1-4-14-6-5-7-16(12-14)18(21)19-17-10-8-15(9-11-17)13-20(2)3;1-12-7-3-2-5(8(10)11)4-6(7)9/h4-14H,15-16H2,1-3H3,(H,27,30)(H,28,31);5-12H,4,13H2,1-3H3,(H,19,21);2-4H,1H3,(H,10,11). The third kappa shape index (κ3) is 16.7. The number of carboxylic acids is 1. The van der Waals surface area contributed by atoms with Gasteiger partial charge in [-0.05, 0) is 142 Å². The predicted molar refractivity (Wildman–Crippen MR) is 260 cm³/mol. The molecule has 0 aromatic heterocycles. The van der Waals surface area contributed by atoms with E-state index in [0.717, 1.165) is 36.4 Å². The van der Waals surface area contributed by atoms with Crippen LogP contribution in [0.4, 0.5) is 11.4 Å². The molecule has 6 aromatic rings. The largest absolute Gasteiger partial charge is 0.495 e. The first kappa shape index (κ1) is 50.9. The number of rotatable bonds is 15. The number of nitrogens with zero attached hydrogens (tertiary/aromatic N) is 2. The van der Waals surface area contributed by atoms with Crippen molar-refractivity contribution in [3.8, 4) is 11.5 Å². The SMILES string of the molecule is CCc1cccc(C(=O)Nc2ccc(CN(C)C)cc2)c1.COc1ccc(C(=O)NCc2cccc(C(=O)Nc3ccc(CN(C)C)cc3)c2)cc1Cl.COc1ccc(C(=O)O)cc1Cl. The lowest BCUT2D eigenvalue weighted by molar-refractivity contribution is 0.0696. The van der Waals surface area contributed by atoms with E-state index in [0.29, 0.717) is 38.2 Å². The second-order valence-electron chi connectivity index (χ2n) is 15.2. The molecule has 340 valence electrons. The predicted octanol–water partition coefficient (Wildman–Crippen LogP) is 10.2. The van der Waals surface area contributed by atoms with Gasteiger partial charge in [-0.2, -0.15) is 0 Å². The van der Waals surface area contributed by atoms with Crippen molar-refractivity contribution < 1.29 is 33.8 Å². The lowest BCUT2D eigenvalue weighted by Crippen LogP contribution is -2.23. The highest BCUT2D eigenvalue weighted by atomic mass is 35.5. The zero-order chi connectivity index (χ0) is 47.5. The van der Waals surface area contributed by atoms with E-state index in [-0.39, 0.29) is 29.8 Å². The number of benzene rings is 6. The molecule has 65 heavy (non-hydrogen) atoms. The summed E-state index contributed by atoms with van der Waals surface area (Å²) in [4.78, 5) is 52.0. The molecule has 0 saturated heterocycles. The van der Waals surface area contributed by atoms with E-state index in [2.05, 4.69) is 32.7 Å². The first-order chi connectivity index (χ1) is 31.1. The zero-order valence-corrected chi connectivity index (χ0v) is 39.1. The Morgan fingerprint density at radius 1 is 0.523 bits per heavy atom. The van der Waals surface area contributed by atoms with Gasteiger partial charge >= 0.3 is 5.97 Å². The van der Waals surface area contributed by atoms with E-state index in [9.17, 15) is 19.2 Å². The molecule has 0 heterocycles. The van der Waals surface area contributed by atoms with Crippen molar-refractivity contribution in [3.63, 3.8) is 0 Å². The zero-order valence-electron chi connectivity index (χ0n) is 37.6. The van der Waals surface area contributed by atoms with Gasteiger partial charge in [0.1, 0.15) is 11.5 Å². The third-order valence-corrected chi connectivity index (χ3v) is 10.1. The van der Waals surface area contributed by atoms with Crippen LogP contribution in [-0.2, 0) is 26.1 Å². The van der Waals surface area contributed by atoms with Gasteiger partial charge < -0.3 is 40.3 Å². The van der Waals surface area contributed by atoms with Gasteiger partial charge in [0.05, 0.1) is 29.8 Å². The van der Waals surface area contributed by atoms with Crippen molar-refractivity contribution >= 4 is 58.3 Å². The number of aryl methyl sites for hydroxylation is 1. The fraction of sp³-hybridized carbons (Fsp3) is 0.216. The number of nitrogens with one attached hydrogen (secondary N) is 3. The third-order valence-electron chi connectivity index (χ3n) is 9.47. The molecular weight excluding hydrogens is 865 g/mol. The number of anilines is 2. The molecule has 0 bridgehead atoms. The Labute approximate surface area is 391 Å². The fourth-order valence-electron chi connectivity index (χ4n) is 6.17. The number of ether oxygens (including phenoxy) is 2. The molecule has 0 aliphatic carbocycles. The summed E-state index contributed by atoms with van der Waals surface area (Å²) < 4.78 is 9.96. The summed E-state index contributed by atoms with van der Waals surface area (Å²) in [5.41, 5.74) is 7.74. The highest BCUT2D eigenvalue weighted by Gasteiger charge is 2.12. The van der Waals surface area contributed by atoms with E-state index in [1.807, 2.05) is 107 Å². The normalized spacial score (nSPS) is 10.4. The lowest BCUT2D eigenvalue weighted by Gasteiger charge is -2.11. The average Bonchev–Trinajstić information content (AvgIpc) is 3.29. The van der Waals surface area contributed by atoms with Crippen LogP contribution in [0.15, 0.2) is 133 Å². The van der Waals surface area contributed by atoms with E-state index in [4.69, 9.17) is 37.8 Å². The van der Waals surface area contributed by atoms with Crippen LogP contribution in [-0.4, -0.2) is 81.0 Å². The van der Waals surface area contributed by atoms with Crippen LogP contribution in [0.2, 0.25) is 10.0 Å². The van der Waals surface area contributed by atoms with Crippen molar-refractivity contribution in [3.05, 3.63) is 188 Å². The van der Waals surface area contributed by atoms with Crippen molar-refractivity contribution in [2.75, 3.05) is 53.0 Å². The number of aromatic carboxylic acids is 1. The number of methoxy groups -OCH3 is 2. The molecule has 0 fully saturated rings. The molecule has 12 nitrogen and oxygen atoms in total. The Hall–Kier alpha value is -6.70. The Kier molecular flexibility index (Phi) is 20.0. The van der Waals surface area contributed by atoms with Crippen LogP contribution in [0.5, 0.6) is 11.5 Å². The molecule has 3 amide bonds. The summed E-state index contributed by atoms with van der Waals surface area (Å²) in [6, 6.07) is 39.8. The van der Waals surface area contributed by atoms with Crippen LogP contribution in [0.25, 0.3) is 0 Å². The summed E-state index contributed by atoms with van der Waals surface area (Å²) in [6.07, 6.45) is 0.931. The second kappa shape index (κ2) is 25.6. The van der Waals surface area contributed by atoms with Crippen LogP contribution in [0.1, 0.15) is 70.6 Å². The van der Waals surface area contributed by atoms with Gasteiger partial charge in [0.2, 0.25) is 0 Å². The van der Waals surface area contributed by atoms with Crippen LogP contribution < -0.4 is 25.4 Å². The first-order valence-electron chi connectivity index (χ1n) is 20.6. The smallest absolute Gasteiger partial charge is 0.335 e. The summed E-state index contributed by atoms with van der Waals surface area (Å²) in [7, 11) is 11.1. The molecule has 0 spiro atoms. The minimum absolute atomic E-state index is 0.0642. The maximum absolute atomic E-state index is 12.7. The quantitative estimate of drug-likeness (QED) is 0.0790. The summed E-state index contributed by atoms with van der Waals surface area (Å²) in [5.74, 6) is -0.552. The number of amides is 3. The Balaban J connectivity index is 0.000000239. The summed E-state index contributed by atoms with van der Waals surface area (Å²) in [6.45, 7) is 4.10.